The van der Waals surface area contributed by atoms with Gasteiger partial charge in [0.1, 0.15) is 5.75 Å². The monoisotopic (exact) mass is 305 g/mol. The number of hydrogen-bond donors (Lipinski definition) is 1. The van der Waals surface area contributed by atoms with Crippen LogP contribution in [0.3, 0.4) is 0 Å². The smallest absolute Gasteiger partial charge is 0.166 e. The molecular formula is C12H14BrF2NO. The van der Waals surface area contributed by atoms with E-state index in [1.807, 2.05) is 0 Å². The minimum atomic E-state index is -0.828. The Morgan fingerprint density at radius 2 is 2.00 bits per heavy atom. The molecule has 0 atom stereocenters. The fourth-order valence-corrected chi connectivity index (χ4v) is 2.86. The van der Waals surface area contributed by atoms with Gasteiger partial charge in [-0.2, -0.15) is 0 Å². The van der Waals surface area contributed by atoms with Gasteiger partial charge < -0.3 is 10.1 Å². The summed E-state index contributed by atoms with van der Waals surface area (Å²) in [5.74, 6) is -1.18. The third-order valence-corrected chi connectivity index (χ3v) is 3.70. The van der Waals surface area contributed by atoms with E-state index < -0.39 is 11.6 Å². The van der Waals surface area contributed by atoms with E-state index in [1.54, 1.807) is 0 Å². The quantitative estimate of drug-likeness (QED) is 0.847. The van der Waals surface area contributed by atoms with Gasteiger partial charge >= 0.3 is 0 Å². The molecule has 1 aromatic rings. The van der Waals surface area contributed by atoms with E-state index in [2.05, 4.69) is 21.2 Å². The summed E-state index contributed by atoms with van der Waals surface area (Å²) < 4.78 is 33.0. The highest BCUT2D eigenvalue weighted by Crippen LogP contribution is 2.40. The minimum absolute atomic E-state index is 0.0122. The van der Waals surface area contributed by atoms with Crippen molar-refractivity contribution < 1.29 is 13.5 Å². The van der Waals surface area contributed by atoms with E-state index in [9.17, 15) is 8.78 Å². The lowest BCUT2D eigenvalue weighted by Gasteiger charge is -2.25. The zero-order valence-electron chi connectivity index (χ0n) is 9.53. The molecule has 1 heterocycles. The maximum absolute atomic E-state index is 13.9. The van der Waals surface area contributed by atoms with Gasteiger partial charge in [-0.05, 0) is 53.8 Å². The summed E-state index contributed by atoms with van der Waals surface area (Å²) >= 11 is 3.21. The molecule has 1 aliphatic heterocycles. The summed E-state index contributed by atoms with van der Waals surface area (Å²) in [7, 11) is 1.47. The Labute approximate surface area is 107 Å². The summed E-state index contributed by atoms with van der Waals surface area (Å²) in [5, 5.41) is 3.20. The molecule has 1 fully saturated rings. The Morgan fingerprint density at radius 3 is 2.59 bits per heavy atom. The van der Waals surface area contributed by atoms with Crippen LogP contribution in [-0.4, -0.2) is 20.2 Å². The van der Waals surface area contributed by atoms with E-state index in [0.717, 1.165) is 32.0 Å². The molecule has 0 bridgehead atoms. The van der Waals surface area contributed by atoms with Gasteiger partial charge in [0.05, 0.1) is 11.6 Å². The number of methoxy groups -OCH3 is 1. The molecule has 1 aliphatic rings. The molecule has 94 valence electrons. The molecule has 0 spiro atoms. The van der Waals surface area contributed by atoms with Gasteiger partial charge in [-0.25, -0.2) is 8.78 Å². The number of ether oxygens (including phenoxy) is 1. The second-order valence-electron chi connectivity index (χ2n) is 4.13. The van der Waals surface area contributed by atoms with E-state index in [1.165, 1.54) is 7.11 Å². The third kappa shape index (κ3) is 2.45. The third-order valence-electron chi connectivity index (χ3n) is 3.11. The van der Waals surface area contributed by atoms with Crippen LogP contribution in [-0.2, 0) is 0 Å². The highest BCUT2D eigenvalue weighted by molar-refractivity contribution is 9.10. The molecule has 0 amide bonds. The van der Waals surface area contributed by atoms with Crippen molar-refractivity contribution >= 4 is 15.9 Å². The maximum atomic E-state index is 13.9. The molecule has 0 unspecified atom stereocenters. The number of benzene rings is 1. The Balaban J connectivity index is 2.48. The van der Waals surface area contributed by atoms with Crippen molar-refractivity contribution in [1.29, 1.82) is 0 Å². The zero-order valence-corrected chi connectivity index (χ0v) is 11.1. The highest BCUT2D eigenvalue weighted by Gasteiger charge is 2.26. The van der Waals surface area contributed by atoms with Crippen LogP contribution in [0.1, 0.15) is 24.3 Å². The average molecular weight is 306 g/mol. The van der Waals surface area contributed by atoms with Crippen molar-refractivity contribution in [3.8, 4) is 5.75 Å². The zero-order chi connectivity index (χ0) is 12.4. The van der Waals surface area contributed by atoms with Crippen LogP contribution < -0.4 is 10.1 Å². The summed E-state index contributed by atoms with van der Waals surface area (Å²) in [6.45, 7) is 1.64. The molecule has 0 aromatic heterocycles. The standard InChI is InChI=1S/C12H14BrF2NO/c1-17-12-8(13)6-9(14)11(15)10(12)7-2-4-16-5-3-7/h6-7,16H,2-5H2,1H3. The van der Waals surface area contributed by atoms with Gasteiger partial charge in [-0.15, -0.1) is 0 Å². The van der Waals surface area contributed by atoms with E-state index in [-0.39, 0.29) is 5.92 Å². The van der Waals surface area contributed by atoms with E-state index >= 15 is 0 Å². The van der Waals surface area contributed by atoms with Crippen LogP contribution in [0.4, 0.5) is 8.78 Å². The van der Waals surface area contributed by atoms with Crippen LogP contribution in [0.2, 0.25) is 0 Å². The molecule has 1 saturated heterocycles. The number of hydrogen-bond acceptors (Lipinski definition) is 2. The molecule has 0 saturated carbocycles. The SMILES string of the molecule is COc1c(Br)cc(F)c(F)c1C1CCNCC1. The summed E-state index contributed by atoms with van der Waals surface area (Å²) in [5.41, 5.74) is 0.362. The second-order valence-corrected chi connectivity index (χ2v) is 4.98. The van der Waals surface area contributed by atoms with Crippen LogP contribution in [0.25, 0.3) is 0 Å². The lowest BCUT2D eigenvalue weighted by atomic mass is 9.89. The van der Waals surface area contributed by atoms with Crippen LogP contribution in [0.15, 0.2) is 10.5 Å². The predicted molar refractivity (Wildman–Crippen MR) is 65.5 cm³/mol. The van der Waals surface area contributed by atoms with E-state index in [4.69, 9.17) is 4.74 Å². The Morgan fingerprint density at radius 1 is 1.35 bits per heavy atom. The topological polar surface area (TPSA) is 21.3 Å². The first-order valence-corrected chi connectivity index (χ1v) is 6.36. The van der Waals surface area contributed by atoms with Crippen molar-refractivity contribution in [2.24, 2.45) is 0 Å². The van der Waals surface area contributed by atoms with Crippen LogP contribution in [0, 0.1) is 11.6 Å². The molecule has 0 radical (unpaired) electrons. The lowest BCUT2D eigenvalue weighted by Crippen LogP contribution is -2.27. The normalized spacial score (nSPS) is 17.2. The van der Waals surface area contributed by atoms with Crippen molar-refractivity contribution in [3.63, 3.8) is 0 Å². The van der Waals surface area contributed by atoms with Gasteiger partial charge in [0.2, 0.25) is 0 Å². The first-order chi connectivity index (χ1) is 8.15. The number of piperidine rings is 1. The summed E-state index contributed by atoms with van der Waals surface area (Å²) in [4.78, 5) is 0. The first-order valence-electron chi connectivity index (χ1n) is 5.57. The van der Waals surface area contributed by atoms with Crippen molar-refractivity contribution in [2.45, 2.75) is 18.8 Å². The van der Waals surface area contributed by atoms with Crippen molar-refractivity contribution in [3.05, 3.63) is 27.7 Å². The Kier molecular flexibility index (Phi) is 3.99. The van der Waals surface area contributed by atoms with Gasteiger partial charge in [0.25, 0.3) is 0 Å². The Hall–Kier alpha value is -0.680. The molecule has 1 N–H and O–H groups in total. The molecule has 2 nitrogen and oxygen atoms in total. The maximum Gasteiger partial charge on any atom is 0.166 e. The molecule has 2 rings (SSSR count). The largest absolute Gasteiger partial charge is 0.495 e. The minimum Gasteiger partial charge on any atom is -0.495 e. The second kappa shape index (κ2) is 5.31. The van der Waals surface area contributed by atoms with Crippen molar-refractivity contribution in [2.75, 3.05) is 20.2 Å². The highest BCUT2D eigenvalue weighted by atomic mass is 79.9. The fourth-order valence-electron chi connectivity index (χ4n) is 2.28. The van der Waals surface area contributed by atoms with Crippen molar-refractivity contribution in [1.82, 2.24) is 5.32 Å². The Bertz CT molecular complexity index is 419. The molecular weight excluding hydrogens is 292 g/mol. The lowest BCUT2D eigenvalue weighted by molar-refractivity contribution is 0.371. The predicted octanol–water partition coefficient (Wildman–Crippen LogP) is 3.20. The number of halogens is 3. The summed E-state index contributed by atoms with van der Waals surface area (Å²) in [6.07, 6.45) is 1.59. The van der Waals surface area contributed by atoms with Gasteiger partial charge in [-0.1, -0.05) is 0 Å². The molecule has 17 heavy (non-hydrogen) atoms. The van der Waals surface area contributed by atoms with Gasteiger partial charge in [0, 0.05) is 5.56 Å². The first kappa shape index (κ1) is 12.8. The van der Waals surface area contributed by atoms with Crippen LogP contribution >= 0.6 is 15.9 Å². The number of rotatable bonds is 2. The number of nitrogens with one attached hydrogen (secondary N) is 1. The average Bonchev–Trinajstić information content (AvgIpc) is 2.34. The van der Waals surface area contributed by atoms with E-state index in [0.29, 0.717) is 15.8 Å². The van der Waals surface area contributed by atoms with Gasteiger partial charge in [-0.3, -0.25) is 0 Å². The summed E-state index contributed by atoms with van der Waals surface area (Å²) in [6, 6.07) is 1.11. The van der Waals surface area contributed by atoms with Gasteiger partial charge in [0.15, 0.2) is 11.6 Å². The molecule has 5 heteroatoms. The molecule has 1 aromatic carbocycles. The van der Waals surface area contributed by atoms with Crippen LogP contribution in [0.5, 0.6) is 5.75 Å². The fraction of sp³-hybridized carbons (Fsp3) is 0.500. The molecule has 0 aliphatic carbocycles.